The van der Waals surface area contributed by atoms with Crippen LogP contribution >= 0.6 is 11.3 Å². The van der Waals surface area contributed by atoms with E-state index < -0.39 is 0 Å². The van der Waals surface area contributed by atoms with Gasteiger partial charge in [0.05, 0.1) is 12.8 Å². The number of hydrogen-bond acceptors (Lipinski definition) is 5. The molecule has 4 nitrogen and oxygen atoms in total. The topological polar surface area (TPSA) is 47.9 Å². The molecule has 0 atom stereocenters. The van der Waals surface area contributed by atoms with Crippen LogP contribution in [0.15, 0.2) is 29.8 Å². The quantitative estimate of drug-likeness (QED) is 0.733. The Morgan fingerprint density at radius 2 is 2.16 bits per heavy atom. The first kappa shape index (κ1) is 12.0. The number of pyridine rings is 1. The number of thiophene rings is 1. The summed E-state index contributed by atoms with van der Waals surface area (Å²) in [6.45, 7) is 2.11. The molecule has 0 radical (unpaired) electrons. The van der Waals surface area contributed by atoms with Crippen molar-refractivity contribution in [3.05, 3.63) is 35.5 Å². The van der Waals surface area contributed by atoms with Crippen molar-refractivity contribution < 1.29 is 4.74 Å². The number of ether oxygens (including phenoxy) is 1. The Bertz CT molecular complexity index is 724. The highest BCUT2D eigenvalue weighted by Gasteiger charge is 2.10. The highest BCUT2D eigenvalue weighted by Crippen LogP contribution is 2.26. The number of rotatable bonds is 3. The standard InChI is InChI=1S/C14H13N3OS/c1-3-11-10-5-7-19-14(10)17-13(16-11)9-4-6-15-12(8-9)18-2/h4-8H,3H2,1-2H3. The van der Waals surface area contributed by atoms with Gasteiger partial charge >= 0.3 is 0 Å². The fourth-order valence-electron chi connectivity index (χ4n) is 1.98. The summed E-state index contributed by atoms with van der Waals surface area (Å²) in [5.74, 6) is 1.30. The van der Waals surface area contributed by atoms with Crippen LogP contribution < -0.4 is 4.74 Å². The molecule has 0 aliphatic heterocycles. The summed E-state index contributed by atoms with van der Waals surface area (Å²) in [5.41, 5.74) is 2.01. The predicted octanol–water partition coefficient (Wildman–Crippen LogP) is 3.32. The zero-order valence-electron chi connectivity index (χ0n) is 10.8. The molecule has 0 bridgehead atoms. The lowest BCUT2D eigenvalue weighted by molar-refractivity contribution is 0.398. The van der Waals surface area contributed by atoms with Crippen molar-refractivity contribution in [2.45, 2.75) is 13.3 Å². The first-order chi connectivity index (χ1) is 9.31. The van der Waals surface area contributed by atoms with Crippen molar-refractivity contribution in [2.24, 2.45) is 0 Å². The van der Waals surface area contributed by atoms with Gasteiger partial charge in [0.1, 0.15) is 4.83 Å². The first-order valence-electron chi connectivity index (χ1n) is 6.06. The molecule has 3 heterocycles. The van der Waals surface area contributed by atoms with Crippen molar-refractivity contribution in [1.29, 1.82) is 0 Å². The molecule has 0 N–H and O–H groups in total. The lowest BCUT2D eigenvalue weighted by Crippen LogP contribution is -1.96. The van der Waals surface area contributed by atoms with Crippen LogP contribution in [0.4, 0.5) is 0 Å². The highest BCUT2D eigenvalue weighted by molar-refractivity contribution is 7.16. The molecular weight excluding hydrogens is 258 g/mol. The SMILES string of the molecule is CCc1nc(-c2ccnc(OC)c2)nc2sccc12. The van der Waals surface area contributed by atoms with Crippen LogP contribution in [0, 0.1) is 0 Å². The number of hydrogen-bond donors (Lipinski definition) is 0. The summed E-state index contributed by atoms with van der Waals surface area (Å²) >= 11 is 1.64. The van der Waals surface area contributed by atoms with Gasteiger partial charge in [-0.15, -0.1) is 11.3 Å². The largest absolute Gasteiger partial charge is 0.481 e. The Morgan fingerprint density at radius 3 is 2.95 bits per heavy atom. The maximum absolute atomic E-state index is 5.14. The minimum atomic E-state index is 0.574. The predicted molar refractivity (Wildman–Crippen MR) is 76.6 cm³/mol. The van der Waals surface area contributed by atoms with E-state index in [9.17, 15) is 0 Å². The monoisotopic (exact) mass is 271 g/mol. The zero-order chi connectivity index (χ0) is 13.2. The van der Waals surface area contributed by atoms with Crippen molar-refractivity contribution >= 4 is 21.6 Å². The molecule has 0 saturated carbocycles. The maximum atomic E-state index is 5.14. The van der Waals surface area contributed by atoms with Crippen LogP contribution in [0.1, 0.15) is 12.6 Å². The third-order valence-electron chi connectivity index (χ3n) is 2.94. The van der Waals surface area contributed by atoms with Crippen LogP contribution in [0.2, 0.25) is 0 Å². The maximum Gasteiger partial charge on any atom is 0.213 e. The van der Waals surface area contributed by atoms with Gasteiger partial charge in [-0.25, -0.2) is 15.0 Å². The lowest BCUT2D eigenvalue weighted by atomic mass is 10.2. The van der Waals surface area contributed by atoms with Crippen molar-refractivity contribution in [3.8, 4) is 17.3 Å². The van der Waals surface area contributed by atoms with E-state index in [2.05, 4.69) is 33.3 Å². The van der Waals surface area contributed by atoms with Crippen LogP contribution in [-0.4, -0.2) is 22.1 Å². The van der Waals surface area contributed by atoms with Crippen LogP contribution in [0.25, 0.3) is 21.6 Å². The molecule has 0 amide bonds. The molecule has 96 valence electrons. The third kappa shape index (κ3) is 2.17. The summed E-state index contributed by atoms with van der Waals surface area (Å²) in [6.07, 6.45) is 2.60. The second-order valence-corrected chi connectivity index (χ2v) is 4.97. The van der Waals surface area contributed by atoms with Gasteiger partial charge in [-0.1, -0.05) is 6.92 Å². The number of methoxy groups -OCH3 is 1. The van der Waals surface area contributed by atoms with E-state index in [1.807, 2.05) is 12.1 Å². The third-order valence-corrected chi connectivity index (χ3v) is 3.75. The van der Waals surface area contributed by atoms with E-state index in [0.717, 1.165) is 33.7 Å². The van der Waals surface area contributed by atoms with Crippen molar-refractivity contribution in [1.82, 2.24) is 15.0 Å². The Kier molecular flexibility index (Phi) is 3.13. The molecule has 0 aliphatic carbocycles. The van der Waals surface area contributed by atoms with Gasteiger partial charge < -0.3 is 4.74 Å². The molecule has 0 spiro atoms. The summed E-state index contributed by atoms with van der Waals surface area (Å²) in [5, 5.41) is 3.20. The molecule has 5 heteroatoms. The van der Waals surface area contributed by atoms with Crippen molar-refractivity contribution in [2.75, 3.05) is 7.11 Å². The minimum Gasteiger partial charge on any atom is -0.481 e. The van der Waals surface area contributed by atoms with E-state index in [0.29, 0.717) is 5.88 Å². The molecule has 0 aromatic carbocycles. The summed E-state index contributed by atoms with van der Waals surface area (Å²) in [4.78, 5) is 14.4. The zero-order valence-corrected chi connectivity index (χ0v) is 11.6. The van der Waals surface area contributed by atoms with Gasteiger partial charge in [-0.3, -0.25) is 0 Å². The van der Waals surface area contributed by atoms with Crippen LogP contribution in [-0.2, 0) is 6.42 Å². The van der Waals surface area contributed by atoms with Gasteiger partial charge in [0.2, 0.25) is 5.88 Å². The summed E-state index contributed by atoms with van der Waals surface area (Å²) in [7, 11) is 1.60. The average Bonchev–Trinajstić information content (AvgIpc) is 2.94. The van der Waals surface area contributed by atoms with Gasteiger partial charge in [-0.05, 0) is 23.9 Å². The molecule has 3 aromatic heterocycles. The van der Waals surface area contributed by atoms with E-state index in [1.54, 1.807) is 24.6 Å². The number of nitrogens with zero attached hydrogens (tertiary/aromatic N) is 3. The molecular formula is C14H13N3OS. The van der Waals surface area contributed by atoms with E-state index >= 15 is 0 Å². The summed E-state index contributed by atoms with van der Waals surface area (Å²) in [6, 6.07) is 5.83. The molecule has 0 aliphatic rings. The Labute approximate surface area is 115 Å². The fraction of sp³-hybridized carbons (Fsp3) is 0.214. The van der Waals surface area contributed by atoms with E-state index in [4.69, 9.17) is 4.74 Å². The number of aromatic nitrogens is 3. The average molecular weight is 271 g/mol. The minimum absolute atomic E-state index is 0.574. The van der Waals surface area contributed by atoms with E-state index in [1.165, 1.54) is 0 Å². The smallest absolute Gasteiger partial charge is 0.213 e. The Balaban J connectivity index is 2.18. The van der Waals surface area contributed by atoms with Gasteiger partial charge in [-0.2, -0.15) is 0 Å². The van der Waals surface area contributed by atoms with E-state index in [-0.39, 0.29) is 0 Å². The normalized spacial score (nSPS) is 10.8. The van der Waals surface area contributed by atoms with Gasteiger partial charge in [0.15, 0.2) is 5.82 Å². The molecule has 19 heavy (non-hydrogen) atoms. The van der Waals surface area contributed by atoms with Crippen molar-refractivity contribution in [3.63, 3.8) is 0 Å². The molecule has 3 rings (SSSR count). The molecule has 0 fully saturated rings. The fourth-order valence-corrected chi connectivity index (χ4v) is 2.76. The molecule has 0 saturated heterocycles. The summed E-state index contributed by atoms with van der Waals surface area (Å²) < 4.78 is 5.14. The van der Waals surface area contributed by atoms with Crippen LogP contribution in [0.3, 0.4) is 0 Å². The molecule has 3 aromatic rings. The molecule has 0 unspecified atom stereocenters. The second-order valence-electron chi connectivity index (χ2n) is 4.07. The Morgan fingerprint density at radius 1 is 1.26 bits per heavy atom. The first-order valence-corrected chi connectivity index (χ1v) is 6.94. The van der Waals surface area contributed by atoms with Gasteiger partial charge in [0, 0.05) is 23.2 Å². The Hall–Kier alpha value is -2.01. The lowest BCUT2D eigenvalue weighted by Gasteiger charge is -2.05. The number of aryl methyl sites for hydroxylation is 1. The number of fused-ring (bicyclic) bond motifs is 1. The second kappa shape index (κ2) is 4.93. The highest BCUT2D eigenvalue weighted by atomic mass is 32.1. The van der Waals surface area contributed by atoms with Gasteiger partial charge in [0.25, 0.3) is 0 Å². The van der Waals surface area contributed by atoms with Crippen LogP contribution in [0.5, 0.6) is 5.88 Å².